The van der Waals surface area contributed by atoms with Crippen molar-refractivity contribution in [2.75, 3.05) is 19.6 Å². The van der Waals surface area contributed by atoms with Crippen LogP contribution >= 0.6 is 0 Å². The number of hydrogen-bond donors (Lipinski definition) is 2. The van der Waals surface area contributed by atoms with Gasteiger partial charge in [0.2, 0.25) is 0 Å². The average Bonchev–Trinajstić information content (AvgIpc) is 2.99. The first-order valence-corrected chi connectivity index (χ1v) is 8.72. The lowest BCUT2D eigenvalue weighted by molar-refractivity contribution is 0.224. The van der Waals surface area contributed by atoms with Crippen molar-refractivity contribution in [3.8, 4) is 0 Å². The second-order valence-corrected chi connectivity index (χ2v) is 7.34. The van der Waals surface area contributed by atoms with Gasteiger partial charge in [-0.2, -0.15) is 9.40 Å². The lowest BCUT2D eigenvalue weighted by Gasteiger charge is -2.35. The Labute approximate surface area is 121 Å². The van der Waals surface area contributed by atoms with Crippen molar-refractivity contribution >= 4 is 10.0 Å². The third kappa shape index (κ3) is 3.39. The summed E-state index contributed by atoms with van der Waals surface area (Å²) >= 11 is 0. The predicted octanol–water partition coefficient (Wildman–Crippen LogP) is 1.20. The van der Waals surface area contributed by atoms with E-state index in [0.29, 0.717) is 25.0 Å². The molecule has 1 aliphatic heterocycles. The van der Waals surface area contributed by atoms with Crippen molar-refractivity contribution in [2.45, 2.75) is 44.2 Å². The summed E-state index contributed by atoms with van der Waals surface area (Å²) in [5, 5.41) is 9.95. The molecule has 1 aliphatic rings. The van der Waals surface area contributed by atoms with E-state index < -0.39 is 10.0 Å². The van der Waals surface area contributed by atoms with Crippen molar-refractivity contribution in [3.05, 3.63) is 12.3 Å². The number of hydrogen-bond acceptors (Lipinski definition) is 4. The molecule has 20 heavy (non-hydrogen) atoms. The standard InChI is InChI=1S/C13H24N4O2S/c1-3-7-14-11(2)12-5-4-9-17(10-12)20(18,19)13-6-8-15-16-13/h6,8,11-12,14H,3-5,7,9-10H2,1-2H3,(H,15,16). The Morgan fingerprint density at radius 3 is 3.05 bits per heavy atom. The van der Waals surface area contributed by atoms with Crippen LogP contribution in [0.1, 0.15) is 33.1 Å². The number of aromatic amines is 1. The molecule has 6 nitrogen and oxygen atoms in total. The summed E-state index contributed by atoms with van der Waals surface area (Å²) in [4.78, 5) is 0. The van der Waals surface area contributed by atoms with Gasteiger partial charge >= 0.3 is 0 Å². The van der Waals surface area contributed by atoms with Gasteiger partial charge in [0.05, 0.1) is 6.20 Å². The maximum absolute atomic E-state index is 12.5. The number of nitrogens with one attached hydrogen (secondary N) is 2. The summed E-state index contributed by atoms with van der Waals surface area (Å²) in [6, 6.07) is 1.85. The molecule has 2 atom stereocenters. The molecule has 1 saturated heterocycles. The van der Waals surface area contributed by atoms with E-state index in [1.807, 2.05) is 0 Å². The zero-order chi connectivity index (χ0) is 14.6. The number of aromatic nitrogens is 2. The lowest BCUT2D eigenvalue weighted by atomic mass is 9.93. The molecule has 2 rings (SSSR count). The fourth-order valence-electron chi connectivity index (χ4n) is 2.66. The Bertz CT molecular complexity index is 500. The Morgan fingerprint density at radius 2 is 2.40 bits per heavy atom. The molecule has 0 amide bonds. The van der Waals surface area contributed by atoms with E-state index in [4.69, 9.17) is 0 Å². The van der Waals surface area contributed by atoms with Crippen molar-refractivity contribution < 1.29 is 8.42 Å². The van der Waals surface area contributed by atoms with E-state index in [2.05, 4.69) is 29.4 Å². The van der Waals surface area contributed by atoms with Crippen LogP contribution in [0, 0.1) is 5.92 Å². The number of sulfonamides is 1. The highest BCUT2D eigenvalue weighted by atomic mass is 32.2. The van der Waals surface area contributed by atoms with E-state index in [1.54, 1.807) is 4.31 Å². The summed E-state index contributed by atoms with van der Waals surface area (Å²) < 4.78 is 26.5. The number of rotatable bonds is 6. The Kier molecular flexibility index (Phi) is 5.17. The van der Waals surface area contributed by atoms with Crippen molar-refractivity contribution in [3.63, 3.8) is 0 Å². The third-order valence-corrected chi connectivity index (χ3v) is 5.73. The predicted molar refractivity (Wildman–Crippen MR) is 77.8 cm³/mol. The Hall–Kier alpha value is -0.920. The summed E-state index contributed by atoms with van der Waals surface area (Å²) in [5.41, 5.74) is 0. The first-order chi connectivity index (χ1) is 9.55. The molecule has 0 spiro atoms. The molecule has 0 saturated carbocycles. The van der Waals surface area contributed by atoms with Gasteiger partial charge in [0.25, 0.3) is 10.0 Å². The third-order valence-electron chi connectivity index (χ3n) is 3.94. The van der Waals surface area contributed by atoms with E-state index in [1.165, 1.54) is 12.3 Å². The molecule has 0 bridgehead atoms. The molecule has 2 unspecified atom stereocenters. The summed E-state index contributed by atoms with van der Waals surface area (Å²) in [6.07, 6.45) is 4.55. The molecular weight excluding hydrogens is 276 g/mol. The minimum Gasteiger partial charge on any atom is -0.314 e. The SMILES string of the molecule is CCCNC(C)C1CCCN(S(=O)(=O)c2ccn[nH]2)C1. The summed E-state index contributed by atoms with van der Waals surface area (Å²) in [5.74, 6) is 0.369. The fraction of sp³-hybridized carbons (Fsp3) is 0.769. The largest absolute Gasteiger partial charge is 0.314 e. The molecule has 0 radical (unpaired) electrons. The van der Waals surface area contributed by atoms with E-state index in [9.17, 15) is 8.42 Å². The van der Waals surface area contributed by atoms with E-state index >= 15 is 0 Å². The van der Waals surface area contributed by atoms with Crippen LogP contribution < -0.4 is 5.32 Å². The average molecular weight is 300 g/mol. The molecule has 7 heteroatoms. The molecular formula is C13H24N4O2S. The maximum Gasteiger partial charge on any atom is 0.259 e. The smallest absolute Gasteiger partial charge is 0.259 e. The second kappa shape index (κ2) is 6.69. The highest BCUT2D eigenvalue weighted by Gasteiger charge is 2.32. The number of piperidine rings is 1. The van der Waals surface area contributed by atoms with Gasteiger partial charge in [0.1, 0.15) is 0 Å². The molecule has 1 fully saturated rings. The van der Waals surface area contributed by atoms with Gasteiger partial charge < -0.3 is 5.32 Å². The topological polar surface area (TPSA) is 78.1 Å². The Balaban J connectivity index is 2.03. The van der Waals surface area contributed by atoms with Gasteiger partial charge in [-0.3, -0.25) is 5.10 Å². The minimum absolute atomic E-state index is 0.187. The van der Waals surface area contributed by atoms with Crippen LogP contribution in [-0.4, -0.2) is 48.6 Å². The lowest BCUT2D eigenvalue weighted by Crippen LogP contribution is -2.46. The zero-order valence-corrected chi connectivity index (χ0v) is 13.0. The normalized spacial score (nSPS) is 22.8. The maximum atomic E-state index is 12.5. The minimum atomic E-state index is -3.42. The van der Waals surface area contributed by atoms with Crippen molar-refractivity contribution in [1.82, 2.24) is 19.8 Å². The second-order valence-electron chi connectivity index (χ2n) is 5.43. The molecule has 1 aromatic rings. The molecule has 1 aromatic heterocycles. The van der Waals surface area contributed by atoms with Crippen LogP contribution in [0.3, 0.4) is 0 Å². The Morgan fingerprint density at radius 1 is 1.60 bits per heavy atom. The highest BCUT2D eigenvalue weighted by Crippen LogP contribution is 2.24. The van der Waals surface area contributed by atoms with Gasteiger partial charge in [-0.05, 0) is 44.7 Å². The van der Waals surface area contributed by atoms with Crippen molar-refractivity contribution in [1.29, 1.82) is 0 Å². The van der Waals surface area contributed by atoms with Crippen LogP contribution in [-0.2, 0) is 10.0 Å². The monoisotopic (exact) mass is 300 g/mol. The van der Waals surface area contributed by atoms with Gasteiger partial charge in [0, 0.05) is 19.1 Å². The quantitative estimate of drug-likeness (QED) is 0.827. The molecule has 114 valence electrons. The van der Waals surface area contributed by atoms with E-state index in [0.717, 1.165) is 25.8 Å². The van der Waals surface area contributed by atoms with Gasteiger partial charge in [-0.1, -0.05) is 6.92 Å². The van der Waals surface area contributed by atoms with E-state index in [-0.39, 0.29) is 5.03 Å². The molecule has 0 aliphatic carbocycles. The van der Waals surface area contributed by atoms with Crippen LogP contribution in [0.15, 0.2) is 17.3 Å². The van der Waals surface area contributed by atoms with Gasteiger partial charge in [-0.25, -0.2) is 8.42 Å². The number of nitrogens with zero attached hydrogens (tertiary/aromatic N) is 2. The molecule has 2 heterocycles. The molecule has 0 aromatic carbocycles. The number of H-pyrrole nitrogens is 1. The van der Waals surface area contributed by atoms with Crippen LogP contribution in [0.4, 0.5) is 0 Å². The fourth-order valence-corrected chi connectivity index (χ4v) is 4.10. The van der Waals surface area contributed by atoms with Gasteiger partial charge in [0.15, 0.2) is 5.03 Å². The van der Waals surface area contributed by atoms with Crippen LogP contribution in [0.2, 0.25) is 0 Å². The summed E-state index contributed by atoms with van der Waals surface area (Å²) in [6.45, 7) is 6.44. The molecule has 2 N–H and O–H groups in total. The summed E-state index contributed by atoms with van der Waals surface area (Å²) in [7, 11) is -3.42. The zero-order valence-electron chi connectivity index (χ0n) is 12.2. The van der Waals surface area contributed by atoms with Crippen molar-refractivity contribution in [2.24, 2.45) is 5.92 Å². The first kappa shape index (κ1) is 15.5. The first-order valence-electron chi connectivity index (χ1n) is 7.28. The van der Waals surface area contributed by atoms with Crippen LogP contribution in [0.5, 0.6) is 0 Å². The van der Waals surface area contributed by atoms with Crippen LogP contribution in [0.25, 0.3) is 0 Å². The highest BCUT2D eigenvalue weighted by molar-refractivity contribution is 7.89. The van der Waals surface area contributed by atoms with Gasteiger partial charge in [-0.15, -0.1) is 0 Å².